The molecule has 1 atom stereocenters. The fourth-order valence-electron chi connectivity index (χ4n) is 2.44. The van der Waals surface area contributed by atoms with Crippen molar-refractivity contribution in [2.75, 3.05) is 26.4 Å². The lowest BCUT2D eigenvalue weighted by Gasteiger charge is -2.23. The minimum absolute atomic E-state index is 0.0484. The van der Waals surface area contributed by atoms with Crippen LogP contribution in [0.4, 0.5) is 0 Å². The molecule has 1 aliphatic rings. The predicted molar refractivity (Wildman–Crippen MR) is 85.5 cm³/mol. The zero-order chi connectivity index (χ0) is 15.6. The Morgan fingerprint density at radius 1 is 1.41 bits per heavy atom. The molecule has 0 aliphatic carbocycles. The van der Waals surface area contributed by atoms with Gasteiger partial charge in [-0.25, -0.2) is 0 Å². The maximum Gasteiger partial charge on any atom is 0.221 e. The summed E-state index contributed by atoms with van der Waals surface area (Å²) >= 11 is 0. The topological polar surface area (TPSA) is 59.6 Å². The van der Waals surface area contributed by atoms with Crippen LogP contribution >= 0.6 is 0 Å². The van der Waals surface area contributed by atoms with Crippen molar-refractivity contribution in [1.82, 2.24) is 10.6 Å². The minimum Gasteiger partial charge on any atom is -0.378 e. The van der Waals surface area contributed by atoms with Gasteiger partial charge >= 0.3 is 0 Å². The maximum atomic E-state index is 12.0. The molecule has 2 rings (SSSR count). The highest BCUT2D eigenvalue weighted by atomic mass is 16.5. The number of nitrogens with one attached hydrogen (secondary N) is 2. The standard InChI is InChI=1S/C17H26N2O3/c1-2-8-21-12-15-6-4-3-5-14(15)11-19-17(20)10-16-13-22-9-7-18-16/h3-6,16,18H,2,7-13H2,1H3,(H,19,20). The molecular formula is C17H26N2O3. The van der Waals surface area contributed by atoms with E-state index in [2.05, 4.69) is 17.6 Å². The number of hydrogen-bond donors (Lipinski definition) is 2. The number of morpholine rings is 1. The van der Waals surface area contributed by atoms with E-state index in [1.807, 2.05) is 24.3 Å². The van der Waals surface area contributed by atoms with Crippen molar-refractivity contribution < 1.29 is 14.3 Å². The minimum atomic E-state index is 0.0484. The van der Waals surface area contributed by atoms with Crippen molar-refractivity contribution in [3.05, 3.63) is 35.4 Å². The number of rotatable bonds is 8. The summed E-state index contributed by atoms with van der Waals surface area (Å²) in [4.78, 5) is 12.0. The van der Waals surface area contributed by atoms with E-state index < -0.39 is 0 Å². The number of hydrogen-bond acceptors (Lipinski definition) is 4. The van der Waals surface area contributed by atoms with E-state index in [-0.39, 0.29) is 11.9 Å². The Bertz CT molecular complexity index is 459. The van der Waals surface area contributed by atoms with Gasteiger partial charge in [0.25, 0.3) is 0 Å². The highest BCUT2D eigenvalue weighted by Crippen LogP contribution is 2.10. The van der Waals surface area contributed by atoms with E-state index >= 15 is 0 Å². The first kappa shape index (κ1) is 16.9. The maximum absolute atomic E-state index is 12.0. The summed E-state index contributed by atoms with van der Waals surface area (Å²) in [5.74, 6) is 0.0484. The molecule has 1 unspecified atom stereocenters. The van der Waals surface area contributed by atoms with Gasteiger partial charge in [-0.2, -0.15) is 0 Å². The number of carbonyl (C=O) groups is 1. The largest absolute Gasteiger partial charge is 0.378 e. The molecule has 1 fully saturated rings. The summed E-state index contributed by atoms with van der Waals surface area (Å²) in [6.45, 7) is 6.13. The van der Waals surface area contributed by atoms with Gasteiger partial charge in [0.15, 0.2) is 0 Å². The van der Waals surface area contributed by atoms with E-state index in [1.165, 1.54) is 0 Å². The van der Waals surface area contributed by atoms with Crippen LogP contribution in [0.2, 0.25) is 0 Å². The predicted octanol–water partition coefficient (Wildman–Crippen LogP) is 1.61. The van der Waals surface area contributed by atoms with Crippen molar-refractivity contribution in [2.45, 2.75) is 39.0 Å². The zero-order valence-corrected chi connectivity index (χ0v) is 13.3. The van der Waals surface area contributed by atoms with Crippen LogP contribution in [0.1, 0.15) is 30.9 Å². The molecule has 1 heterocycles. The number of ether oxygens (including phenoxy) is 2. The van der Waals surface area contributed by atoms with Crippen molar-refractivity contribution in [1.29, 1.82) is 0 Å². The molecular weight excluding hydrogens is 280 g/mol. The van der Waals surface area contributed by atoms with E-state index in [0.717, 1.165) is 37.3 Å². The molecule has 0 spiro atoms. The van der Waals surface area contributed by atoms with E-state index in [9.17, 15) is 4.79 Å². The Hall–Kier alpha value is -1.43. The molecule has 1 aromatic rings. The molecule has 22 heavy (non-hydrogen) atoms. The first-order valence-corrected chi connectivity index (χ1v) is 8.02. The van der Waals surface area contributed by atoms with E-state index in [4.69, 9.17) is 9.47 Å². The van der Waals surface area contributed by atoms with Gasteiger partial charge in [-0.15, -0.1) is 0 Å². The van der Waals surface area contributed by atoms with E-state index in [1.54, 1.807) is 0 Å². The lowest BCUT2D eigenvalue weighted by Crippen LogP contribution is -2.44. The van der Waals surface area contributed by atoms with Crippen LogP contribution in [0.25, 0.3) is 0 Å². The first-order valence-electron chi connectivity index (χ1n) is 8.02. The van der Waals surface area contributed by atoms with Gasteiger partial charge in [0.2, 0.25) is 5.91 Å². The van der Waals surface area contributed by atoms with Gasteiger partial charge in [0, 0.05) is 32.2 Å². The fraction of sp³-hybridized carbons (Fsp3) is 0.588. The summed E-state index contributed by atoms with van der Waals surface area (Å²) in [7, 11) is 0. The van der Waals surface area contributed by atoms with Gasteiger partial charge in [-0.3, -0.25) is 4.79 Å². The van der Waals surface area contributed by atoms with Crippen LogP contribution in [-0.2, 0) is 27.4 Å². The van der Waals surface area contributed by atoms with Gasteiger partial charge in [-0.05, 0) is 17.5 Å². The Morgan fingerprint density at radius 2 is 2.23 bits per heavy atom. The number of benzene rings is 1. The zero-order valence-electron chi connectivity index (χ0n) is 13.3. The Kier molecular flexibility index (Phi) is 7.36. The molecule has 5 heteroatoms. The van der Waals surface area contributed by atoms with Crippen LogP contribution in [0.3, 0.4) is 0 Å². The Balaban J connectivity index is 1.78. The quantitative estimate of drug-likeness (QED) is 0.716. The third-order valence-electron chi connectivity index (χ3n) is 3.63. The van der Waals surface area contributed by atoms with Crippen molar-refractivity contribution in [2.24, 2.45) is 0 Å². The average molecular weight is 306 g/mol. The van der Waals surface area contributed by atoms with Crippen LogP contribution in [0.5, 0.6) is 0 Å². The molecule has 0 aromatic heterocycles. The third-order valence-corrected chi connectivity index (χ3v) is 3.63. The molecule has 0 saturated carbocycles. The van der Waals surface area contributed by atoms with Gasteiger partial charge < -0.3 is 20.1 Å². The van der Waals surface area contributed by atoms with E-state index in [0.29, 0.717) is 26.2 Å². The van der Waals surface area contributed by atoms with Crippen molar-refractivity contribution in [3.63, 3.8) is 0 Å². The van der Waals surface area contributed by atoms with Gasteiger partial charge in [0.05, 0.1) is 19.8 Å². The summed E-state index contributed by atoms with van der Waals surface area (Å²) in [6.07, 6.45) is 1.46. The normalized spacial score (nSPS) is 18.1. The molecule has 5 nitrogen and oxygen atoms in total. The molecule has 1 aromatic carbocycles. The second kappa shape index (κ2) is 9.56. The molecule has 1 amide bonds. The molecule has 0 bridgehead atoms. The van der Waals surface area contributed by atoms with Crippen LogP contribution in [0, 0.1) is 0 Å². The highest BCUT2D eigenvalue weighted by molar-refractivity contribution is 5.76. The number of amides is 1. The van der Waals surface area contributed by atoms with Crippen molar-refractivity contribution >= 4 is 5.91 Å². The Morgan fingerprint density at radius 3 is 2.95 bits per heavy atom. The van der Waals surface area contributed by atoms with Gasteiger partial charge in [0.1, 0.15) is 0 Å². The lowest BCUT2D eigenvalue weighted by atomic mass is 10.1. The molecule has 2 N–H and O–H groups in total. The lowest BCUT2D eigenvalue weighted by molar-refractivity contribution is -0.122. The second-order valence-corrected chi connectivity index (χ2v) is 5.53. The van der Waals surface area contributed by atoms with Crippen LogP contribution < -0.4 is 10.6 Å². The molecule has 122 valence electrons. The summed E-state index contributed by atoms with van der Waals surface area (Å²) < 4.78 is 11.0. The van der Waals surface area contributed by atoms with Crippen molar-refractivity contribution in [3.8, 4) is 0 Å². The smallest absolute Gasteiger partial charge is 0.221 e. The SMILES string of the molecule is CCCOCc1ccccc1CNC(=O)CC1COCCN1. The molecule has 1 aliphatic heterocycles. The van der Waals surface area contributed by atoms with Gasteiger partial charge in [-0.1, -0.05) is 31.2 Å². The summed E-state index contributed by atoms with van der Waals surface area (Å²) in [5, 5.41) is 6.28. The number of carbonyl (C=O) groups excluding carboxylic acids is 1. The molecule has 1 saturated heterocycles. The summed E-state index contributed by atoms with van der Waals surface area (Å²) in [6, 6.07) is 8.19. The van der Waals surface area contributed by atoms with Crippen LogP contribution in [0.15, 0.2) is 24.3 Å². The Labute approximate surface area is 132 Å². The third kappa shape index (κ3) is 5.75. The highest BCUT2D eigenvalue weighted by Gasteiger charge is 2.16. The second-order valence-electron chi connectivity index (χ2n) is 5.53. The monoisotopic (exact) mass is 306 g/mol. The molecule has 0 radical (unpaired) electrons. The first-order chi connectivity index (χ1) is 10.8. The fourth-order valence-corrected chi connectivity index (χ4v) is 2.44. The van der Waals surface area contributed by atoms with Crippen LogP contribution in [-0.4, -0.2) is 38.3 Å². The average Bonchev–Trinajstić information content (AvgIpc) is 2.55. The summed E-state index contributed by atoms with van der Waals surface area (Å²) in [5.41, 5.74) is 2.25.